The molecule has 1 rings (SSSR count). The van der Waals surface area contributed by atoms with Crippen molar-refractivity contribution < 1.29 is 4.79 Å². The second-order valence-electron chi connectivity index (χ2n) is 3.92. The van der Waals surface area contributed by atoms with Gasteiger partial charge in [-0.15, -0.1) is 11.6 Å². The topological polar surface area (TPSA) is 29.1 Å². The first-order valence-electron chi connectivity index (χ1n) is 5.09. The summed E-state index contributed by atoms with van der Waals surface area (Å²) >= 11 is 5.75. The first-order valence-corrected chi connectivity index (χ1v) is 5.53. The maximum atomic E-state index is 11.3. The first-order chi connectivity index (χ1) is 6.18. The minimum atomic E-state index is 0.156. The Hall–Kier alpha value is -0.240. The molecular weight excluding hydrogens is 186 g/mol. The average molecular weight is 204 g/mol. The second kappa shape index (κ2) is 5.48. The van der Waals surface area contributed by atoms with Gasteiger partial charge in [-0.05, 0) is 32.1 Å². The van der Waals surface area contributed by atoms with E-state index in [0.717, 1.165) is 19.4 Å². The summed E-state index contributed by atoms with van der Waals surface area (Å²) in [5, 5.41) is 3.05. The Bertz CT molecular complexity index is 166. The summed E-state index contributed by atoms with van der Waals surface area (Å²) < 4.78 is 0. The molecule has 1 aliphatic rings. The Morgan fingerprint density at radius 1 is 1.62 bits per heavy atom. The molecule has 1 N–H and O–H groups in total. The molecule has 1 fully saturated rings. The molecule has 1 unspecified atom stereocenters. The van der Waals surface area contributed by atoms with Crippen LogP contribution in [-0.4, -0.2) is 17.8 Å². The van der Waals surface area contributed by atoms with E-state index in [-0.39, 0.29) is 11.3 Å². The number of hydrogen-bond donors (Lipinski definition) is 1. The molecule has 0 aliphatic heterocycles. The Morgan fingerprint density at radius 3 is 2.77 bits per heavy atom. The van der Waals surface area contributed by atoms with E-state index in [1.165, 1.54) is 19.3 Å². The molecule has 13 heavy (non-hydrogen) atoms. The van der Waals surface area contributed by atoms with Crippen molar-refractivity contribution in [3.05, 3.63) is 0 Å². The minimum absolute atomic E-state index is 0.156. The van der Waals surface area contributed by atoms with Gasteiger partial charge in [-0.2, -0.15) is 0 Å². The highest BCUT2D eigenvalue weighted by atomic mass is 35.5. The largest absolute Gasteiger partial charge is 0.356 e. The van der Waals surface area contributed by atoms with Gasteiger partial charge < -0.3 is 5.32 Å². The minimum Gasteiger partial charge on any atom is -0.356 e. The predicted molar refractivity (Wildman–Crippen MR) is 54.9 cm³/mol. The highest BCUT2D eigenvalue weighted by Crippen LogP contribution is 2.28. The van der Waals surface area contributed by atoms with E-state index in [2.05, 4.69) is 5.32 Å². The summed E-state index contributed by atoms with van der Waals surface area (Å²) in [5.41, 5.74) is 0. The highest BCUT2D eigenvalue weighted by molar-refractivity contribution is 6.20. The Labute approximate surface area is 85.0 Å². The van der Waals surface area contributed by atoms with Crippen molar-refractivity contribution in [3.8, 4) is 0 Å². The molecule has 0 aromatic rings. The zero-order valence-corrected chi connectivity index (χ0v) is 8.94. The quantitative estimate of drug-likeness (QED) is 0.683. The Morgan fingerprint density at radius 2 is 2.31 bits per heavy atom. The van der Waals surface area contributed by atoms with Crippen molar-refractivity contribution in [2.45, 2.75) is 44.4 Å². The molecular formula is C10H18ClNO. The van der Waals surface area contributed by atoms with Crippen molar-refractivity contribution in [3.63, 3.8) is 0 Å². The van der Waals surface area contributed by atoms with Gasteiger partial charge in [0, 0.05) is 18.3 Å². The van der Waals surface area contributed by atoms with Gasteiger partial charge in [0.15, 0.2) is 0 Å². The lowest BCUT2D eigenvalue weighted by Crippen LogP contribution is -2.29. The van der Waals surface area contributed by atoms with Gasteiger partial charge >= 0.3 is 0 Å². The monoisotopic (exact) mass is 203 g/mol. The van der Waals surface area contributed by atoms with E-state index >= 15 is 0 Å². The van der Waals surface area contributed by atoms with Crippen molar-refractivity contribution in [2.24, 2.45) is 5.92 Å². The normalized spacial score (nSPS) is 19.2. The van der Waals surface area contributed by atoms with Crippen LogP contribution >= 0.6 is 11.6 Å². The number of amides is 1. The summed E-state index contributed by atoms with van der Waals surface area (Å²) in [6, 6.07) is 0. The number of carbonyl (C=O) groups excluding carboxylic acids is 1. The van der Waals surface area contributed by atoms with E-state index in [9.17, 15) is 4.79 Å². The molecule has 0 radical (unpaired) electrons. The van der Waals surface area contributed by atoms with Gasteiger partial charge in [0.25, 0.3) is 0 Å². The third kappa shape index (κ3) is 4.51. The lowest BCUT2D eigenvalue weighted by molar-refractivity contribution is -0.122. The van der Waals surface area contributed by atoms with Crippen LogP contribution in [0.15, 0.2) is 0 Å². The van der Waals surface area contributed by atoms with Crippen LogP contribution in [0.5, 0.6) is 0 Å². The van der Waals surface area contributed by atoms with E-state index < -0.39 is 0 Å². The molecule has 0 saturated heterocycles. The molecule has 0 aromatic carbocycles. The van der Waals surface area contributed by atoms with Crippen LogP contribution in [-0.2, 0) is 4.79 Å². The fourth-order valence-corrected chi connectivity index (χ4v) is 1.55. The fraction of sp³-hybridized carbons (Fsp3) is 0.900. The number of rotatable bonds is 5. The molecule has 2 nitrogen and oxygen atoms in total. The summed E-state index contributed by atoms with van der Waals surface area (Å²) in [6.07, 6.45) is 5.35. The molecule has 0 aromatic heterocycles. The average Bonchev–Trinajstić information content (AvgIpc) is 1.96. The molecule has 1 amide bonds. The van der Waals surface area contributed by atoms with Crippen molar-refractivity contribution >= 4 is 17.5 Å². The van der Waals surface area contributed by atoms with Crippen molar-refractivity contribution in [2.75, 3.05) is 6.54 Å². The lowest BCUT2D eigenvalue weighted by atomic mass is 9.83. The van der Waals surface area contributed by atoms with Crippen LogP contribution in [0.4, 0.5) is 0 Å². The fourth-order valence-electron chi connectivity index (χ4n) is 1.44. The van der Waals surface area contributed by atoms with Gasteiger partial charge in [0.05, 0.1) is 0 Å². The maximum Gasteiger partial charge on any atom is 0.220 e. The van der Waals surface area contributed by atoms with Crippen LogP contribution < -0.4 is 5.32 Å². The Kier molecular flexibility index (Phi) is 4.57. The van der Waals surface area contributed by atoms with Crippen LogP contribution in [0.25, 0.3) is 0 Å². The van der Waals surface area contributed by atoms with Crippen LogP contribution in [0.2, 0.25) is 0 Å². The summed E-state index contributed by atoms with van der Waals surface area (Å²) in [6.45, 7) is 2.66. The smallest absolute Gasteiger partial charge is 0.220 e. The molecule has 1 saturated carbocycles. The van der Waals surface area contributed by atoms with E-state index in [4.69, 9.17) is 11.6 Å². The number of halogens is 1. The van der Waals surface area contributed by atoms with Gasteiger partial charge in [-0.1, -0.05) is 6.42 Å². The van der Waals surface area contributed by atoms with Crippen LogP contribution in [0.1, 0.15) is 39.0 Å². The van der Waals surface area contributed by atoms with Crippen LogP contribution in [0, 0.1) is 5.92 Å². The second-order valence-corrected chi connectivity index (χ2v) is 4.67. The molecule has 0 heterocycles. The number of hydrogen-bond acceptors (Lipinski definition) is 1. The molecule has 0 spiro atoms. The van der Waals surface area contributed by atoms with Gasteiger partial charge in [0.2, 0.25) is 5.91 Å². The Balaban J connectivity index is 1.97. The number of nitrogens with one attached hydrogen (secondary N) is 1. The SMILES string of the molecule is CC(Cl)CCNC(=O)CC1CCC1. The zero-order valence-electron chi connectivity index (χ0n) is 8.18. The molecule has 3 heteroatoms. The molecule has 76 valence electrons. The third-order valence-electron chi connectivity index (χ3n) is 2.56. The van der Waals surface area contributed by atoms with Gasteiger partial charge in [0.1, 0.15) is 0 Å². The number of alkyl halides is 1. The lowest BCUT2D eigenvalue weighted by Gasteiger charge is -2.24. The van der Waals surface area contributed by atoms with Crippen LogP contribution in [0.3, 0.4) is 0 Å². The van der Waals surface area contributed by atoms with E-state index in [1.54, 1.807) is 0 Å². The number of carbonyl (C=O) groups is 1. The van der Waals surface area contributed by atoms with E-state index in [0.29, 0.717) is 5.92 Å². The first kappa shape index (κ1) is 10.8. The molecule has 1 aliphatic carbocycles. The summed E-state index contributed by atoms with van der Waals surface area (Å²) in [7, 11) is 0. The van der Waals surface area contributed by atoms with Gasteiger partial charge in [-0.3, -0.25) is 4.79 Å². The standard InChI is InChI=1S/C10H18ClNO/c1-8(11)5-6-12-10(13)7-9-3-2-4-9/h8-9H,2-7H2,1H3,(H,12,13). The molecule has 1 atom stereocenters. The van der Waals surface area contributed by atoms with Crippen molar-refractivity contribution in [1.82, 2.24) is 5.32 Å². The summed E-state index contributed by atoms with van der Waals surface area (Å²) in [4.78, 5) is 11.3. The zero-order chi connectivity index (χ0) is 9.68. The summed E-state index contributed by atoms with van der Waals surface area (Å²) in [5.74, 6) is 0.857. The third-order valence-corrected chi connectivity index (χ3v) is 2.78. The maximum absolute atomic E-state index is 11.3. The highest BCUT2D eigenvalue weighted by Gasteiger charge is 2.20. The molecule has 0 bridgehead atoms. The van der Waals surface area contributed by atoms with Gasteiger partial charge in [-0.25, -0.2) is 0 Å². The van der Waals surface area contributed by atoms with E-state index in [1.807, 2.05) is 6.92 Å². The predicted octanol–water partition coefficient (Wildman–Crippen LogP) is 2.31. The van der Waals surface area contributed by atoms with Crippen molar-refractivity contribution in [1.29, 1.82) is 0 Å².